The van der Waals surface area contributed by atoms with Gasteiger partial charge in [-0.15, -0.1) is 0 Å². The van der Waals surface area contributed by atoms with Crippen LogP contribution in [0.1, 0.15) is 44.7 Å². The van der Waals surface area contributed by atoms with Gasteiger partial charge >= 0.3 is 0 Å². The molecule has 0 heterocycles. The molecule has 0 aliphatic heterocycles. The third-order valence-corrected chi connectivity index (χ3v) is 3.64. The maximum atomic E-state index is 6.00. The van der Waals surface area contributed by atoms with Crippen molar-refractivity contribution in [3.63, 3.8) is 0 Å². The molecule has 1 aliphatic rings. The normalized spacial score (nSPS) is 16.2. The Kier molecular flexibility index (Phi) is 5.26. The first kappa shape index (κ1) is 14.4. The van der Waals surface area contributed by atoms with Crippen LogP contribution < -0.4 is 10.1 Å². The van der Waals surface area contributed by atoms with Gasteiger partial charge in [0.1, 0.15) is 11.9 Å². The number of hydrogen-bond donors (Lipinski definition) is 1. The molecule has 0 aromatic heterocycles. The van der Waals surface area contributed by atoms with Gasteiger partial charge in [-0.1, -0.05) is 19.9 Å². The lowest BCUT2D eigenvalue weighted by atomic mass is 9.92. The van der Waals surface area contributed by atoms with Crippen LogP contribution in [0.15, 0.2) is 18.2 Å². The molecule has 1 aliphatic carbocycles. The summed E-state index contributed by atoms with van der Waals surface area (Å²) in [6.07, 6.45) is 5.33. The van der Waals surface area contributed by atoms with Crippen LogP contribution in [0.25, 0.3) is 0 Å². The van der Waals surface area contributed by atoms with E-state index in [0.29, 0.717) is 5.92 Å². The first-order chi connectivity index (χ1) is 9.15. The molecule has 0 saturated carbocycles. The average Bonchev–Trinajstić information content (AvgIpc) is 2.38. The molecular weight excluding hydrogens is 234 g/mol. The van der Waals surface area contributed by atoms with Crippen molar-refractivity contribution in [3.05, 3.63) is 29.3 Å². The minimum atomic E-state index is 0.223. The number of aryl methyl sites for hydroxylation is 2. The van der Waals surface area contributed by atoms with Crippen LogP contribution in [0.5, 0.6) is 5.75 Å². The highest BCUT2D eigenvalue weighted by Gasteiger charge is 2.11. The quantitative estimate of drug-likeness (QED) is 0.845. The molecule has 2 nitrogen and oxygen atoms in total. The highest BCUT2D eigenvalue weighted by molar-refractivity contribution is 5.37. The van der Waals surface area contributed by atoms with Gasteiger partial charge < -0.3 is 10.1 Å². The van der Waals surface area contributed by atoms with Gasteiger partial charge in [0, 0.05) is 6.54 Å². The summed E-state index contributed by atoms with van der Waals surface area (Å²) in [5.41, 5.74) is 3.01. The lowest BCUT2D eigenvalue weighted by Gasteiger charge is -2.20. The Morgan fingerprint density at radius 3 is 2.53 bits per heavy atom. The van der Waals surface area contributed by atoms with Crippen molar-refractivity contribution in [3.8, 4) is 5.75 Å². The number of ether oxygens (including phenoxy) is 1. The molecule has 1 unspecified atom stereocenters. The molecule has 106 valence electrons. The molecule has 19 heavy (non-hydrogen) atoms. The zero-order chi connectivity index (χ0) is 13.7. The Morgan fingerprint density at radius 2 is 1.79 bits per heavy atom. The Labute approximate surface area is 117 Å². The van der Waals surface area contributed by atoms with E-state index in [4.69, 9.17) is 4.74 Å². The molecule has 1 N–H and O–H groups in total. The second-order valence-corrected chi connectivity index (χ2v) is 6.12. The fraction of sp³-hybridized carbons (Fsp3) is 0.647. The van der Waals surface area contributed by atoms with E-state index >= 15 is 0 Å². The topological polar surface area (TPSA) is 21.3 Å². The first-order valence-corrected chi connectivity index (χ1v) is 7.64. The number of hydrogen-bond acceptors (Lipinski definition) is 2. The monoisotopic (exact) mass is 261 g/mol. The van der Waals surface area contributed by atoms with E-state index in [1.165, 1.54) is 36.8 Å². The van der Waals surface area contributed by atoms with E-state index in [1.807, 2.05) is 0 Å². The summed E-state index contributed by atoms with van der Waals surface area (Å²) in [6.45, 7) is 8.55. The highest BCUT2D eigenvalue weighted by atomic mass is 16.5. The van der Waals surface area contributed by atoms with E-state index in [-0.39, 0.29) is 6.10 Å². The minimum Gasteiger partial charge on any atom is -0.489 e. The van der Waals surface area contributed by atoms with Gasteiger partial charge in [-0.3, -0.25) is 0 Å². The summed E-state index contributed by atoms with van der Waals surface area (Å²) in [6, 6.07) is 6.62. The van der Waals surface area contributed by atoms with Crippen molar-refractivity contribution in [2.45, 2.75) is 52.6 Å². The standard InChI is InChI=1S/C17H27NO/c1-13(2)11-18-12-14(3)19-17-9-8-15-6-4-5-7-16(15)10-17/h8-10,13-14,18H,4-7,11-12H2,1-3H3. The highest BCUT2D eigenvalue weighted by Crippen LogP contribution is 2.25. The van der Waals surface area contributed by atoms with Gasteiger partial charge in [-0.2, -0.15) is 0 Å². The largest absolute Gasteiger partial charge is 0.489 e. The maximum absolute atomic E-state index is 6.00. The summed E-state index contributed by atoms with van der Waals surface area (Å²) < 4.78 is 6.00. The third-order valence-electron chi connectivity index (χ3n) is 3.64. The third kappa shape index (κ3) is 4.54. The maximum Gasteiger partial charge on any atom is 0.120 e. The molecule has 0 saturated heterocycles. The molecule has 2 rings (SSSR count). The van der Waals surface area contributed by atoms with E-state index in [1.54, 1.807) is 0 Å². The summed E-state index contributed by atoms with van der Waals surface area (Å²) in [4.78, 5) is 0. The molecular formula is C17H27NO. The summed E-state index contributed by atoms with van der Waals surface area (Å²) in [5.74, 6) is 1.72. The summed E-state index contributed by atoms with van der Waals surface area (Å²) in [7, 11) is 0. The summed E-state index contributed by atoms with van der Waals surface area (Å²) in [5, 5.41) is 3.44. The molecule has 0 radical (unpaired) electrons. The minimum absolute atomic E-state index is 0.223. The smallest absolute Gasteiger partial charge is 0.120 e. The molecule has 1 aromatic rings. The molecule has 2 heteroatoms. The number of nitrogens with one attached hydrogen (secondary N) is 1. The van der Waals surface area contributed by atoms with Gasteiger partial charge in [0.05, 0.1) is 0 Å². The van der Waals surface area contributed by atoms with Crippen molar-refractivity contribution >= 4 is 0 Å². The molecule has 0 amide bonds. The van der Waals surface area contributed by atoms with Crippen LogP contribution in [-0.4, -0.2) is 19.2 Å². The molecule has 0 fully saturated rings. The Balaban J connectivity index is 1.85. The van der Waals surface area contributed by atoms with Crippen LogP contribution in [0.3, 0.4) is 0 Å². The van der Waals surface area contributed by atoms with E-state index in [0.717, 1.165) is 18.8 Å². The zero-order valence-corrected chi connectivity index (χ0v) is 12.5. The predicted molar refractivity (Wildman–Crippen MR) is 80.9 cm³/mol. The van der Waals surface area contributed by atoms with E-state index in [2.05, 4.69) is 44.3 Å². The second kappa shape index (κ2) is 6.95. The molecule has 0 spiro atoms. The molecule has 1 atom stereocenters. The van der Waals surface area contributed by atoms with Crippen LogP contribution >= 0.6 is 0 Å². The number of benzene rings is 1. The van der Waals surface area contributed by atoms with Crippen LogP contribution in [-0.2, 0) is 12.8 Å². The van der Waals surface area contributed by atoms with Crippen molar-refractivity contribution in [1.82, 2.24) is 5.32 Å². The Bertz CT molecular complexity index is 400. The van der Waals surface area contributed by atoms with Gasteiger partial charge in [0.15, 0.2) is 0 Å². The van der Waals surface area contributed by atoms with Gasteiger partial charge in [0.2, 0.25) is 0 Å². The second-order valence-electron chi connectivity index (χ2n) is 6.12. The fourth-order valence-corrected chi connectivity index (χ4v) is 2.63. The zero-order valence-electron chi connectivity index (χ0n) is 12.5. The van der Waals surface area contributed by atoms with Gasteiger partial charge in [-0.05, 0) is 68.3 Å². The van der Waals surface area contributed by atoms with E-state index in [9.17, 15) is 0 Å². The van der Waals surface area contributed by atoms with Crippen molar-refractivity contribution in [2.24, 2.45) is 5.92 Å². The lowest BCUT2D eigenvalue weighted by molar-refractivity contribution is 0.215. The summed E-state index contributed by atoms with van der Waals surface area (Å²) >= 11 is 0. The first-order valence-electron chi connectivity index (χ1n) is 7.64. The fourth-order valence-electron chi connectivity index (χ4n) is 2.63. The van der Waals surface area contributed by atoms with Gasteiger partial charge in [0.25, 0.3) is 0 Å². The van der Waals surface area contributed by atoms with Crippen LogP contribution in [0.4, 0.5) is 0 Å². The average molecular weight is 261 g/mol. The number of fused-ring (bicyclic) bond motifs is 1. The SMILES string of the molecule is CC(C)CNCC(C)Oc1ccc2c(c1)CCCC2. The van der Waals surface area contributed by atoms with E-state index < -0.39 is 0 Å². The number of rotatable bonds is 6. The van der Waals surface area contributed by atoms with Crippen LogP contribution in [0, 0.1) is 5.92 Å². The molecule has 0 bridgehead atoms. The van der Waals surface area contributed by atoms with Crippen molar-refractivity contribution < 1.29 is 4.74 Å². The Hall–Kier alpha value is -1.02. The predicted octanol–water partition coefficient (Wildman–Crippen LogP) is 3.58. The lowest BCUT2D eigenvalue weighted by Crippen LogP contribution is -2.31. The van der Waals surface area contributed by atoms with Crippen molar-refractivity contribution in [2.75, 3.05) is 13.1 Å². The van der Waals surface area contributed by atoms with Gasteiger partial charge in [-0.25, -0.2) is 0 Å². The van der Waals surface area contributed by atoms with Crippen LogP contribution in [0.2, 0.25) is 0 Å². The van der Waals surface area contributed by atoms with Crippen molar-refractivity contribution in [1.29, 1.82) is 0 Å². The Morgan fingerprint density at radius 1 is 1.05 bits per heavy atom. The molecule has 1 aromatic carbocycles.